The molecule has 0 aromatic rings. The molecule has 0 aromatic carbocycles. The van der Waals surface area contributed by atoms with Gasteiger partial charge in [0.15, 0.2) is 0 Å². The third kappa shape index (κ3) is 101. The van der Waals surface area contributed by atoms with Crippen molar-refractivity contribution in [2.24, 2.45) is 0 Å². The van der Waals surface area contributed by atoms with Crippen molar-refractivity contribution in [3.8, 4) is 0 Å². The molecule has 0 unspecified atom stereocenters. The summed E-state index contributed by atoms with van der Waals surface area (Å²) < 4.78 is 129. The van der Waals surface area contributed by atoms with Crippen molar-refractivity contribution in [2.75, 3.05) is 131 Å². The molecule has 0 atom stereocenters. The van der Waals surface area contributed by atoms with Crippen molar-refractivity contribution in [3.05, 3.63) is 0 Å². The van der Waals surface area contributed by atoms with Crippen LogP contribution in [0.4, 0.5) is 0 Å². The molecule has 0 aromatic heterocycles. The number of rotatable bonds is 62. The molecule has 23 nitrogen and oxygen atoms in total. The minimum absolute atomic E-state index is 1.35. The van der Waals surface area contributed by atoms with Gasteiger partial charge in [-0.3, -0.25) is 13.7 Å². The average molecular weight is 1630 g/mol. The largest absolute Gasteiger partial charge is 0.726 e. The molecule has 27 heteroatoms. The van der Waals surface area contributed by atoms with E-state index >= 15 is 0 Å². The van der Waals surface area contributed by atoms with Crippen molar-refractivity contribution < 1.29 is 103 Å². The molecule has 0 fully saturated rings. The molecule has 0 heterocycles. The van der Waals surface area contributed by atoms with E-state index in [9.17, 15) is 0 Å². The quantitative estimate of drug-likeness (QED) is 0.0167. The summed E-state index contributed by atoms with van der Waals surface area (Å²) in [4.78, 5) is 0. The van der Waals surface area contributed by atoms with Crippen LogP contribution in [0, 0.1) is 0 Å². The Balaban J connectivity index is -0.000000149. The van der Waals surface area contributed by atoms with Gasteiger partial charge in [0.1, 0.15) is 0 Å². The highest BCUT2D eigenvalue weighted by atomic mass is 32.3. The highest BCUT2D eigenvalue weighted by molar-refractivity contribution is 7.81. The molecule has 0 saturated heterocycles. The van der Waals surface area contributed by atoms with Gasteiger partial charge in [-0.1, -0.05) is 267 Å². The molecule has 0 radical (unpaired) electrons. The van der Waals surface area contributed by atoms with Crippen LogP contribution in [-0.4, -0.2) is 214 Å². The first-order valence-electron chi connectivity index (χ1n) is 43.5. The van der Waals surface area contributed by atoms with Gasteiger partial charge in [-0.25, -0.2) is 25.3 Å². The number of quaternary nitrogens is 5. The van der Waals surface area contributed by atoms with E-state index in [0.29, 0.717) is 0 Å². The Morgan fingerprint density at radius 3 is 0.271 bits per heavy atom. The molecule has 0 aliphatic rings. The van der Waals surface area contributed by atoms with E-state index in [4.69, 9.17) is 71.5 Å². The predicted molar refractivity (Wildman–Crippen MR) is 445 cm³/mol. The third-order valence-electron chi connectivity index (χ3n) is 19.9. The van der Waals surface area contributed by atoms with Gasteiger partial charge in [0, 0.05) is 0 Å². The standard InChI is InChI=1S/5C16H36N.2H2O5S.2H2O4S/c5*1-5-9-13-17(14-10-6-2,15-11-7-3)16-12-8-4;2*1-5-6(2,3)4;2*1-5(2,3)4/h5*5-16H2,1-4H3;2*1H,(H,2,3,4);2*(H2,1,2,3,4)/q5*+1;;;;/p-5. The zero-order valence-corrected chi connectivity index (χ0v) is 77.0. The fourth-order valence-electron chi connectivity index (χ4n) is 13.2. The topological polar surface area (TPSA) is 331 Å². The third-order valence-corrected chi connectivity index (χ3v) is 20.2. The Kier molecular flexibility index (Phi) is 100. The SMILES string of the molecule is CCCC[N+](CCCC)(CCCC)CCCC.CCCC[N+](CCCC)(CCCC)CCCC.CCCC[N+](CCCC)(CCCC)CCCC.CCCC[N+](CCCC)(CCCC)CCCC.CCCC[N+](CCCC)(CCCC)CCCC.O=S(=O)(O)O.O=S(=O)([O-])O.O=S(=O)([O-])O[O-].O=S(=O)([O-])O[O-]. The number of nitrogens with zero attached hydrogens (tertiary/aromatic N) is 5. The normalized spacial score (nSPS) is 11.9. The lowest BCUT2D eigenvalue weighted by Crippen LogP contribution is -2.50. The summed E-state index contributed by atoms with van der Waals surface area (Å²) in [5.41, 5.74) is 0. The number of hydrogen-bond donors (Lipinski definition) is 3. The molecule has 0 amide bonds. The molecular weight excluding hydrogens is 1450 g/mol. The van der Waals surface area contributed by atoms with E-state index < -0.39 is 41.6 Å². The molecule has 0 spiro atoms. The van der Waals surface area contributed by atoms with Crippen molar-refractivity contribution >= 4 is 41.6 Å². The second-order valence-electron chi connectivity index (χ2n) is 30.1. The predicted octanol–water partition coefficient (Wildman–Crippen LogP) is 18.8. The first-order valence-corrected chi connectivity index (χ1v) is 48.9. The van der Waals surface area contributed by atoms with Gasteiger partial charge in [-0.15, -0.1) is 0 Å². The summed E-state index contributed by atoms with van der Waals surface area (Å²) in [6, 6.07) is 0. The van der Waals surface area contributed by atoms with Gasteiger partial charge in [-0.2, -0.15) is 8.42 Å². The second-order valence-corrected chi connectivity index (χ2v) is 33.7. The fourth-order valence-corrected chi connectivity index (χ4v) is 13.2. The van der Waals surface area contributed by atoms with Crippen LogP contribution in [0.5, 0.6) is 0 Å². The molecule has 107 heavy (non-hydrogen) atoms. The van der Waals surface area contributed by atoms with Gasteiger partial charge in [-0.05, 0) is 128 Å². The van der Waals surface area contributed by atoms with Gasteiger partial charge in [0.05, 0.1) is 131 Å². The van der Waals surface area contributed by atoms with Gasteiger partial charge in [0.2, 0.25) is 31.2 Å². The van der Waals surface area contributed by atoms with Crippen LogP contribution < -0.4 is 10.5 Å². The maximum atomic E-state index is 8.91. The molecule has 0 rings (SSSR count). The van der Waals surface area contributed by atoms with Crippen molar-refractivity contribution in [2.45, 2.75) is 395 Å². The van der Waals surface area contributed by atoms with Crippen LogP contribution in [-0.2, 0) is 50.3 Å². The molecule has 0 aliphatic carbocycles. The van der Waals surface area contributed by atoms with E-state index in [0.717, 1.165) is 0 Å². The van der Waals surface area contributed by atoms with E-state index in [1.54, 1.807) is 0 Å². The van der Waals surface area contributed by atoms with Crippen LogP contribution in [0.1, 0.15) is 395 Å². The summed E-state index contributed by atoms with van der Waals surface area (Å²) in [5, 5.41) is 17.1. The summed E-state index contributed by atoms with van der Waals surface area (Å²) in [6.45, 7) is 75.1. The molecular formula is C80H183N5O18S4. The molecule has 660 valence electrons. The zero-order valence-electron chi connectivity index (χ0n) is 73.8. The number of hydrogen-bond acceptors (Lipinski definition) is 15. The molecule has 0 aliphatic heterocycles. The smallest absolute Gasteiger partial charge is 0.394 e. The first-order chi connectivity index (χ1) is 50.3. The summed E-state index contributed by atoms with van der Waals surface area (Å²) >= 11 is 0. The van der Waals surface area contributed by atoms with E-state index in [2.05, 4.69) is 147 Å². The molecule has 0 saturated carbocycles. The molecule has 3 N–H and O–H groups in total. The minimum atomic E-state index is -4.97. The van der Waals surface area contributed by atoms with Gasteiger partial charge in [0.25, 0.3) is 0 Å². The maximum Gasteiger partial charge on any atom is 0.394 e. The van der Waals surface area contributed by atoms with E-state index in [1.807, 2.05) is 0 Å². The Morgan fingerprint density at radius 2 is 0.243 bits per heavy atom. The van der Waals surface area contributed by atoms with Crippen molar-refractivity contribution in [1.29, 1.82) is 0 Å². The van der Waals surface area contributed by atoms with Crippen LogP contribution >= 0.6 is 0 Å². The Morgan fingerprint density at radius 1 is 0.196 bits per heavy atom. The maximum absolute atomic E-state index is 8.91. The second kappa shape index (κ2) is 86.1. The lowest BCUT2D eigenvalue weighted by Gasteiger charge is -2.39. The fraction of sp³-hybridized carbons (Fsp3) is 1.00. The van der Waals surface area contributed by atoms with Crippen LogP contribution in [0.15, 0.2) is 0 Å². The zero-order chi connectivity index (χ0) is 84.3. The van der Waals surface area contributed by atoms with Crippen LogP contribution in [0.25, 0.3) is 0 Å². The van der Waals surface area contributed by atoms with Crippen LogP contribution in [0.2, 0.25) is 0 Å². The monoisotopic (exact) mass is 1630 g/mol. The highest BCUT2D eigenvalue weighted by Crippen LogP contribution is 2.22. The van der Waals surface area contributed by atoms with Gasteiger partial charge < -0.3 is 55.3 Å². The average Bonchev–Trinajstić information content (AvgIpc) is 0.906. The Bertz CT molecular complexity index is 1740. The van der Waals surface area contributed by atoms with E-state index in [-0.39, 0.29) is 0 Å². The summed E-state index contributed by atoms with van der Waals surface area (Å²) in [7, 11) is -19.5. The van der Waals surface area contributed by atoms with Crippen molar-refractivity contribution in [1.82, 2.24) is 0 Å². The van der Waals surface area contributed by atoms with Gasteiger partial charge >= 0.3 is 10.4 Å². The summed E-state index contributed by atoms with van der Waals surface area (Å²) in [5.74, 6) is 0. The highest BCUT2D eigenvalue weighted by Gasteiger charge is 2.29. The lowest BCUT2D eigenvalue weighted by molar-refractivity contribution is -0.929. The molecule has 0 bridgehead atoms. The van der Waals surface area contributed by atoms with Crippen LogP contribution in [0.3, 0.4) is 0 Å². The first kappa shape index (κ1) is 124. The minimum Gasteiger partial charge on any atom is -0.726 e. The van der Waals surface area contributed by atoms with E-state index in [1.165, 1.54) is 410 Å². The Labute approximate surface area is 666 Å². The summed E-state index contributed by atoms with van der Waals surface area (Å²) in [6.07, 6.45) is 55.3. The Hall–Kier alpha value is -0.800. The number of unbranched alkanes of at least 4 members (excludes halogenated alkanes) is 20. The lowest BCUT2D eigenvalue weighted by atomic mass is 10.1. The van der Waals surface area contributed by atoms with Crippen molar-refractivity contribution in [3.63, 3.8) is 0 Å².